The molecule has 0 saturated heterocycles. The first kappa shape index (κ1) is 17.6. The molecule has 0 aliphatic heterocycles. The van der Waals surface area contributed by atoms with E-state index in [4.69, 9.17) is 9.84 Å². The number of aliphatic hydroxyl groups is 1. The molecular formula is C18H28N2O3. The highest BCUT2D eigenvalue weighted by molar-refractivity contribution is 5.74. The molecule has 5 heteroatoms. The van der Waals surface area contributed by atoms with Crippen LogP contribution in [0, 0.1) is 0 Å². The zero-order valence-corrected chi connectivity index (χ0v) is 14.0. The van der Waals surface area contributed by atoms with Crippen LogP contribution in [0.15, 0.2) is 24.3 Å². The molecule has 1 aromatic rings. The summed E-state index contributed by atoms with van der Waals surface area (Å²) in [5.74, 6) is 0.905. The van der Waals surface area contributed by atoms with Gasteiger partial charge in [0.05, 0.1) is 12.7 Å². The van der Waals surface area contributed by atoms with Gasteiger partial charge in [-0.25, -0.2) is 4.79 Å². The highest BCUT2D eigenvalue weighted by atomic mass is 16.5. The van der Waals surface area contributed by atoms with Crippen LogP contribution < -0.4 is 10.1 Å². The molecule has 23 heavy (non-hydrogen) atoms. The number of amides is 2. The van der Waals surface area contributed by atoms with Gasteiger partial charge in [-0.3, -0.25) is 0 Å². The van der Waals surface area contributed by atoms with E-state index in [-0.39, 0.29) is 12.6 Å². The van der Waals surface area contributed by atoms with Crippen LogP contribution in [-0.4, -0.2) is 41.8 Å². The molecule has 0 heterocycles. The summed E-state index contributed by atoms with van der Waals surface area (Å²) in [6.07, 6.45) is 6.49. The second-order valence-electron chi connectivity index (χ2n) is 5.98. The second-order valence-corrected chi connectivity index (χ2v) is 5.98. The number of likely N-dealkylation sites (N-methyl/N-ethyl adjacent to an activating group) is 1. The van der Waals surface area contributed by atoms with Gasteiger partial charge >= 0.3 is 6.03 Å². The van der Waals surface area contributed by atoms with Crippen molar-refractivity contribution in [3.05, 3.63) is 29.8 Å². The standard InChI is InChI=1S/C18H28N2O3/c1-2-20(12-13-21)18(22)19-14-15-8-10-17(11-9-15)23-16-6-4-3-5-7-16/h8-11,16,21H,2-7,12-14H2,1H3,(H,19,22). The minimum absolute atomic E-state index is 0.0194. The molecule has 0 unspecified atom stereocenters. The maximum absolute atomic E-state index is 11.9. The number of hydrogen-bond acceptors (Lipinski definition) is 3. The Morgan fingerprint density at radius 2 is 1.96 bits per heavy atom. The van der Waals surface area contributed by atoms with Crippen molar-refractivity contribution in [1.29, 1.82) is 0 Å². The van der Waals surface area contributed by atoms with E-state index in [0.29, 0.717) is 25.7 Å². The van der Waals surface area contributed by atoms with Gasteiger partial charge in [-0.2, -0.15) is 0 Å². The Labute approximate surface area is 138 Å². The van der Waals surface area contributed by atoms with E-state index >= 15 is 0 Å². The minimum atomic E-state index is -0.149. The Morgan fingerprint density at radius 1 is 1.26 bits per heavy atom. The first-order chi connectivity index (χ1) is 11.2. The average molecular weight is 320 g/mol. The maximum Gasteiger partial charge on any atom is 0.317 e. The molecule has 0 atom stereocenters. The summed E-state index contributed by atoms with van der Waals surface area (Å²) >= 11 is 0. The Bertz CT molecular complexity index is 470. The molecule has 1 aliphatic carbocycles. The van der Waals surface area contributed by atoms with E-state index in [1.807, 2.05) is 31.2 Å². The summed E-state index contributed by atoms with van der Waals surface area (Å²) in [5.41, 5.74) is 1.04. The number of carbonyl (C=O) groups excluding carboxylic acids is 1. The largest absolute Gasteiger partial charge is 0.490 e. The normalized spacial score (nSPS) is 15.2. The Kier molecular flexibility index (Phi) is 7.20. The molecule has 1 saturated carbocycles. The van der Waals surface area contributed by atoms with Crippen molar-refractivity contribution in [3.63, 3.8) is 0 Å². The highest BCUT2D eigenvalue weighted by Gasteiger charge is 2.14. The molecule has 2 rings (SSSR count). The molecule has 5 nitrogen and oxygen atoms in total. The molecule has 0 radical (unpaired) electrons. The van der Waals surface area contributed by atoms with E-state index in [9.17, 15) is 4.79 Å². The monoisotopic (exact) mass is 320 g/mol. The van der Waals surface area contributed by atoms with Crippen molar-refractivity contribution in [1.82, 2.24) is 10.2 Å². The fourth-order valence-electron chi connectivity index (χ4n) is 2.87. The number of rotatable bonds is 7. The van der Waals surface area contributed by atoms with Gasteiger partial charge in [0.1, 0.15) is 5.75 Å². The van der Waals surface area contributed by atoms with E-state index in [1.165, 1.54) is 19.3 Å². The summed E-state index contributed by atoms with van der Waals surface area (Å²) < 4.78 is 6.00. The van der Waals surface area contributed by atoms with E-state index in [2.05, 4.69) is 5.32 Å². The number of hydrogen-bond donors (Lipinski definition) is 2. The summed E-state index contributed by atoms with van der Waals surface area (Å²) in [4.78, 5) is 13.5. The number of nitrogens with zero attached hydrogens (tertiary/aromatic N) is 1. The van der Waals surface area contributed by atoms with Crippen LogP contribution in [0.3, 0.4) is 0 Å². The zero-order valence-electron chi connectivity index (χ0n) is 14.0. The number of nitrogens with one attached hydrogen (secondary N) is 1. The highest BCUT2D eigenvalue weighted by Crippen LogP contribution is 2.23. The predicted octanol–water partition coefficient (Wildman–Crippen LogP) is 2.92. The van der Waals surface area contributed by atoms with Gasteiger partial charge in [-0.05, 0) is 50.3 Å². The molecule has 2 amide bonds. The first-order valence-electron chi connectivity index (χ1n) is 8.62. The van der Waals surface area contributed by atoms with Crippen LogP contribution in [0.25, 0.3) is 0 Å². The third-order valence-corrected chi connectivity index (χ3v) is 4.26. The van der Waals surface area contributed by atoms with E-state index in [0.717, 1.165) is 24.2 Å². The lowest BCUT2D eigenvalue weighted by molar-refractivity contribution is 0.155. The van der Waals surface area contributed by atoms with Crippen molar-refractivity contribution in [3.8, 4) is 5.75 Å². The van der Waals surface area contributed by atoms with Crippen molar-refractivity contribution >= 4 is 6.03 Å². The van der Waals surface area contributed by atoms with Crippen LogP contribution in [0.5, 0.6) is 5.75 Å². The predicted molar refractivity (Wildman–Crippen MR) is 90.5 cm³/mol. The Morgan fingerprint density at radius 3 is 2.57 bits per heavy atom. The van der Waals surface area contributed by atoms with Crippen molar-refractivity contribution in [2.75, 3.05) is 19.7 Å². The third-order valence-electron chi connectivity index (χ3n) is 4.26. The summed E-state index contributed by atoms with van der Waals surface area (Å²) in [5, 5.41) is 11.8. The van der Waals surface area contributed by atoms with Crippen molar-refractivity contribution < 1.29 is 14.6 Å². The van der Waals surface area contributed by atoms with E-state index < -0.39 is 0 Å². The van der Waals surface area contributed by atoms with Gasteiger partial charge in [-0.1, -0.05) is 18.6 Å². The van der Waals surface area contributed by atoms with Gasteiger partial charge in [0, 0.05) is 19.6 Å². The van der Waals surface area contributed by atoms with Crippen molar-refractivity contribution in [2.24, 2.45) is 0 Å². The topological polar surface area (TPSA) is 61.8 Å². The van der Waals surface area contributed by atoms with E-state index in [1.54, 1.807) is 4.90 Å². The number of urea groups is 1. The second kappa shape index (κ2) is 9.40. The zero-order chi connectivity index (χ0) is 16.5. The number of carbonyl (C=O) groups is 1. The number of benzene rings is 1. The van der Waals surface area contributed by atoms with Crippen LogP contribution in [0.2, 0.25) is 0 Å². The van der Waals surface area contributed by atoms with Gasteiger partial charge in [0.25, 0.3) is 0 Å². The molecule has 0 aromatic heterocycles. The molecule has 128 valence electrons. The summed E-state index contributed by atoms with van der Waals surface area (Å²) in [6, 6.07) is 7.77. The maximum atomic E-state index is 11.9. The fraction of sp³-hybridized carbons (Fsp3) is 0.611. The van der Waals surface area contributed by atoms with Gasteiger partial charge in [0.15, 0.2) is 0 Å². The van der Waals surface area contributed by atoms with Crippen LogP contribution in [0.4, 0.5) is 4.79 Å². The lowest BCUT2D eigenvalue weighted by Gasteiger charge is -2.23. The first-order valence-corrected chi connectivity index (χ1v) is 8.62. The van der Waals surface area contributed by atoms with Crippen molar-refractivity contribution in [2.45, 2.75) is 51.7 Å². The lowest BCUT2D eigenvalue weighted by atomic mass is 9.98. The number of ether oxygens (including phenoxy) is 1. The minimum Gasteiger partial charge on any atom is -0.490 e. The average Bonchev–Trinajstić information content (AvgIpc) is 2.59. The lowest BCUT2D eigenvalue weighted by Crippen LogP contribution is -2.41. The molecular weight excluding hydrogens is 292 g/mol. The van der Waals surface area contributed by atoms with Gasteiger partial charge < -0.3 is 20.1 Å². The third kappa shape index (κ3) is 5.75. The molecule has 1 aliphatic rings. The van der Waals surface area contributed by atoms with Gasteiger partial charge in [-0.15, -0.1) is 0 Å². The van der Waals surface area contributed by atoms with Crippen LogP contribution in [-0.2, 0) is 6.54 Å². The van der Waals surface area contributed by atoms with Crippen LogP contribution >= 0.6 is 0 Å². The molecule has 0 bridgehead atoms. The molecule has 2 N–H and O–H groups in total. The fourth-order valence-corrected chi connectivity index (χ4v) is 2.87. The number of aliphatic hydroxyl groups excluding tert-OH is 1. The van der Waals surface area contributed by atoms with Crippen LogP contribution in [0.1, 0.15) is 44.6 Å². The smallest absolute Gasteiger partial charge is 0.317 e. The Hall–Kier alpha value is -1.75. The summed E-state index contributed by atoms with van der Waals surface area (Å²) in [7, 11) is 0. The quantitative estimate of drug-likeness (QED) is 0.812. The summed E-state index contributed by atoms with van der Waals surface area (Å²) in [6.45, 7) is 3.29. The molecule has 1 fully saturated rings. The Balaban J connectivity index is 1.79. The SMILES string of the molecule is CCN(CCO)C(=O)NCc1ccc(OC2CCCCC2)cc1. The molecule has 1 aromatic carbocycles. The van der Waals surface area contributed by atoms with Gasteiger partial charge in [0.2, 0.25) is 0 Å². The molecule has 0 spiro atoms.